The summed E-state index contributed by atoms with van der Waals surface area (Å²) in [6, 6.07) is 6.84. The Hall–Kier alpha value is -1.22. The summed E-state index contributed by atoms with van der Waals surface area (Å²) < 4.78 is 10.1. The van der Waals surface area contributed by atoms with Crippen molar-refractivity contribution in [3.63, 3.8) is 0 Å². The standard InChI is InChI=1S/C11H13ClO3/c1-3-10(12)11(13)15-9-6-4-5-8(7-9)14-2/h4-7,10H,3H2,1-2H3. The number of alkyl halides is 1. The van der Waals surface area contributed by atoms with Crippen molar-refractivity contribution in [3.05, 3.63) is 24.3 Å². The fourth-order valence-corrected chi connectivity index (χ4v) is 1.06. The van der Waals surface area contributed by atoms with Crippen LogP contribution < -0.4 is 9.47 Å². The maximum absolute atomic E-state index is 11.3. The summed E-state index contributed by atoms with van der Waals surface area (Å²) in [6.07, 6.45) is 0.546. The summed E-state index contributed by atoms with van der Waals surface area (Å²) >= 11 is 5.73. The first-order chi connectivity index (χ1) is 7.17. The molecule has 0 aliphatic heterocycles. The average Bonchev–Trinajstić information content (AvgIpc) is 2.28. The first-order valence-corrected chi connectivity index (χ1v) is 5.10. The molecule has 0 aromatic heterocycles. The molecule has 0 spiro atoms. The summed E-state index contributed by atoms with van der Waals surface area (Å²) in [6.45, 7) is 1.82. The Balaban J connectivity index is 2.68. The predicted octanol–water partition coefficient (Wildman–Crippen LogP) is 2.62. The Morgan fingerprint density at radius 3 is 2.73 bits per heavy atom. The van der Waals surface area contributed by atoms with Gasteiger partial charge in [-0.25, -0.2) is 0 Å². The minimum absolute atomic E-state index is 0.438. The van der Waals surface area contributed by atoms with Gasteiger partial charge in [0.05, 0.1) is 7.11 Å². The van der Waals surface area contributed by atoms with Crippen LogP contribution in [0.1, 0.15) is 13.3 Å². The van der Waals surface area contributed by atoms with E-state index in [1.165, 1.54) is 0 Å². The summed E-state index contributed by atoms with van der Waals surface area (Å²) in [5, 5.41) is -0.601. The van der Waals surface area contributed by atoms with Gasteiger partial charge < -0.3 is 9.47 Å². The van der Waals surface area contributed by atoms with Gasteiger partial charge in [0, 0.05) is 6.07 Å². The molecule has 0 bridgehead atoms. The topological polar surface area (TPSA) is 35.5 Å². The van der Waals surface area contributed by atoms with E-state index in [1.54, 1.807) is 31.4 Å². The van der Waals surface area contributed by atoms with Crippen molar-refractivity contribution in [2.24, 2.45) is 0 Å². The number of carbonyl (C=O) groups excluding carboxylic acids is 1. The lowest BCUT2D eigenvalue weighted by Gasteiger charge is -2.08. The van der Waals surface area contributed by atoms with Crippen LogP contribution in [0.3, 0.4) is 0 Å². The number of rotatable bonds is 4. The smallest absolute Gasteiger partial charge is 0.329 e. The molecule has 0 fully saturated rings. The molecule has 0 aliphatic carbocycles. The Bertz CT molecular complexity index is 338. The third-order valence-electron chi connectivity index (χ3n) is 1.87. The fourth-order valence-electron chi connectivity index (χ4n) is 1.01. The molecule has 0 heterocycles. The van der Waals surface area contributed by atoms with Gasteiger partial charge in [-0.05, 0) is 18.6 Å². The summed E-state index contributed by atoms with van der Waals surface area (Å²) in [5.41, 5.74) is 0. The molecular weight excluding hydrogens is 216 g/mol. The normalized spacial score (nSPS) is 11.9. The second-order valence-electron chi connectivity index (χ2n) is 2.98. The van der Waals surface area contributed by atoms with Gasteiger partial charge in [0.15, 0.2) is 0 Å². The van der Waals surface area contributed by atoms with E-state index in [0.29, 0.717) is 17.9 Å². The molecular formula is C11H13ClO3. The number of methoxy groups -OCH3 is 1. The molecule has 82 valence electrons. The van der Waals surface area contributed by atoms with Gasteiger partial charge in [-0.3, -0.25) is 4.79 Å². The summed E-state index contributed by atoms with van der Waals surface area (Å²) in [4.78, 5) is 11.3. The number of benzene rings is 1. The molecule has 1 rings (SSSR count). The van der Waals surface area contributed by atoms with E-state index in [0.717, 1.165) is 0 Å². The lowest BCUT2D eigenvalue weighted by molar-refractivity contribution is -0.134. The van der Waals surface area contributed by atoms with Crippen molar-refractivity contribution < 1.29 is 14.3 Å². The molecule has 0 saturated carbocycles. The summed E-state index contributed by atoms with van der Waals surface area (Å²) in [7, 11) is 1.55. The van der Waals surface area contributed by atoms with E-state index in [1.807, 2.05) is 6.92 Å². The maximum atomic E-state index is 11.3. The van der Waals surface area contributed by atoms with Crippen LogP contribution in [0.25, 0.3) is 0 Å². The molecule has 15 heavy (non-hydrogen) atoms. The van der Waals surface area contributed by atoms with Gasteiger partial charge in [-0.1, -0.05) is 13.0 Å². The third kappa shape index (κ3) is 3.44. The van der Waals surface area contributed by atoms with Crippen LogP contribution in [0.2, 0.25) is 0 Å². The van der Waals surface area contributed by atoms with Gasteiger partial charge in [-0.2, -0.15) is 0 Å². The molecule has 1 atom stereocenters. The maximum Gasteiger partial charge on any atom is 0.329 e. The minimum atomic E-state index is -0.601. The molecule has 0 amide bonds. The molecule has 3 nitrogen and oxygen atoms in total. The van der Waals surface area contributed by atoms with Gasteiger partial charge in [0.2, 0.25) is 0 Å². The van der Waals surface area contributed by atoms with Crippen LogP contribution in [0.5, 0.6) is 11.5 Å². The zero-order valence-electron chi connectivity index (χ0n) is 8.70. The second-order valence-corrected chi connectivity index (χ2v) is 3.50. The second kappa shape index (κ2) is 5.61. The van der Waals surface area contributed by atoms with Crippen LogP contribution in [-0.4, -0.2) is 18.5 Å². The van der Waals surface area contributed by atoms with Crippen LogP contribution in [-0.2, 0) is 4.79 Å². The lowest BCUT2D eigenvalue weighted by atomic mass is 10.3. The van der Waals surface area contributed by atoms with Gasteiger partial charge in [0.1, 0.15) is 16.9 Å². The van der Waals surface area contributed by atoms with E-state index in [-0.39, 0.29) is 0 Å². The number of hydrogen-bond acceptors (Lipinski definition) is 3. The van der Waals surface area contributed by atoms with E-state index >= 15 is 0 Å². The van der Waals surface area contributed by atoms with Crippen molar-refractivity contribution in [2.45, 2.75) is 18.7 Å². The monoisotopic (exact) mass is 228 g/mol. The summed E-state index contributed by atoms with van der Waals surface area (Å²) in [5.74, 6) is 0.647. The molecule has 1 aromatic rings. The van der Waals surface area contributed by atoms with E-state index in [2.05, 4.69) is 0 Å². The molecule has 1 unspecified atom stereocenters. The molecule has 0 N–H and O–H groups in total. The molecule has 0 saturated heterocycles. The van der Waals surface area contributed by atoms with Gasteiger partial charge in [0.25, 0.3) is 0 Å². The van der Waals surface area contributed by atoms with Crippen LogP contribution in [0, 0.1) is 0 Å². The Labute approximate surface area is 93.9 Å². The van der Waals surface area contributed by atoms with Crippen LogP contribution in [0.4, 0.5) is 0 Å². The van der Waals surface area contributed by atoms with Crippen molar-refractivity contribution in [1.82, 2.24) is 0 Å². The van der Waals surface area contributed by atoms with Crippen LogP contribution in [0.15, 0.2) is 24.3 Å². The highest BCUT2D eigenvalue weighted by Gasteiger charge is 2.15. The number of ether oxygens (including phenoxy) is 2. The van der Waals surface area contributed by atoms with Crippen LogP contribution >= 0.6 is 11.6 Å². The highest BCUT2D eigenvalue weighted by atomic mass is 35.5. The average molecular weight is 229 g/mol. The van der Waals surface area contributed by atoms with Gasteiger partial charge in [-0.15, -0.1) is 11.6 Å². The molecule has 4 heteroatoms. The number of carbonyl (C=O) groups is 1. The number of esters is 1. The minimum Gasteiger partial charge on any atom is -0.497 e. The first-order valence-electron chi connectivity index (χ1n) is 4.67. The largest absolute Gasteiger partial charge is 0.497 e. The third-order valence-corrected chi connectivity index (χ3v) is 2.36. The van der Waals surface area contributed by atoms with E-state index in [4.69, 9.17) is 21.1 Å². The molecule has 0 aliphatic rings. The molecule has 1 aromatic carbocycles. The Kier molecular flexibility index (Phi) is 4.43. The van der Waals surface area contributed by atoms with Crippen molar-refractivity contribution >= 4 is 17.6 Å². The highest BCUT2D eigenvalue weighted by Crippen LogP contribution is 2.20. The SMILES string of the molecule is CCC(Cl)C(=O)Oc1cccc(OC)c1. The van der Waals surface area contributed by atoms with E-state index < -0.39 is 11.3 Å². The van der Waals surface area contributed by atoms with Crippen molar-refractivity contribution in [3.8, 4) is 11.5 Å². The van der Waals surface area contributed by atoms with Gasteiger partial charge >= 0.3 is 5.97 Å². The van der Waals surface area contributed by atoms with Crippen molar-refractivity contribution in [2.75, 3.05) is 7.11 Å². The lowest BCUT2D eigenvalue weighted by Crippen LogP contribution is -2.19. The van der Waals surface area contributed by atoms with E-state index in [9.17, 15) is 4.79 Å². The fraction of sp³-hybridized carbons (Fsp3) is 0.364. The Morgan fingerprint density at radius 1 is 1.47 bits per heavy atom. The first kappa shape index (κ1) is 11.9. The number of hydrogen-bond donors (Lipinski definition) is 0. The van der Waals surface area contributed by atoms with Crippen molar-refractivity contribution in [1.29, 1.82) is 0 Å². The highest BCUT2D eigenvalue weighted by molar-refractivity contribution is 6.30. The zero-order valence-corrected chi connectivity index (χ0v) is 9.45. The molecule has 0 radical (unpaired) electrons. The quantitative estimate of drug-likeness (QED) is 0.452. The Morgan fingerprint density at radius 2 is 2.13 bits per heavy atom. The zero-order chi connectivity index (χ0) is 11.3. The number of halogens is 1. The predicted molar refractivity (Wildman–Crippen MR) is 58.6 cm³/mol.